The second kappa shape index (κ2) is 8.72. The van der Waals surface area contributed by atoms with Crippen molar-refractivity contribution in [1.29, 1.82) is 0 Å². The number of hydrogen-bond acceptors (Lipinski definition) is 7. The van der Waals surface area contributed by atoms with E-state index >= 15 is 0 Å². The minimum Gasteiger partial charge on any atom is -0.480 e. The lowest BCUT2D eigenvalue weighted by Gasteiger charge is -2.20. The van der Waals surface area contributed by atoms with E-state index in [2.05, 4.69) is 5.10 Å². The Morgan fingerprint density at radius 1 is 1.43 bits per heavy atom. The Hall–Kier alpha value is -2.47. The molecule has 0 amide bonds. The second-order valence-corrected chi connectivity index (χ2v) is 7.05. The average molecular weight is 449 g/mol. The molecule has 2 aromatic rings. The predicted molar refractivity (Wildman–Crippen MR) is 101 cm³/mol. The lowest BCUT2D eigenvalue weighted by molar-refractivity contribution is 0.0257. The first-order valence-corrected chi connectivity index (χ1v) is 9.63. The number of anilines is 1. The molecule has 1 aromatic heterocycles. The number of methoxy groups -OCH3 is 1. The third-order valence-electron chi connectivity index (χ3n) is 4.67. The lowest BCUT2D eigenvalue weighted by Crippen LogP contribution is -2.25. The molecule has 164 valence electrons. The summed E-state index contributed by atoms with van der Waals surface area (Å²) >= 11 is -0.422. The van der Waals surface area contributed by atoms with Gasteiger partial charge in [0.2, 0.25) is 5.88 Å². The fraction of sp³-hybridized carbons (Fsp3) is 0.444. The van der Waals surface area contributed by atoms with Crippen LogP contribution in [-0.2, 0) is 4.74 Å². The van der Waals surface area contributed by atoms with Crippen molar-refractivity contribution in [2.24, 2.45) is 0 Å². The molecule has 3 rings (SSSR count). The molecule has 1 fully saturated rings. The van der Waals surface area contributed by atoms with Crippen molar-refractivity contribution in [2.45, 2.75) is 25.4 Å². The van der Waals surface area contributed by atoms with Crippen molar-refractivity contribution in [2.75, 3.05) is 31.7 Å². The fourth-order valence-corrected chi connectivity index (χ4v) is 3.62. The maximum atomic E-state index is 14.8. The molecule has 1 atom stereocenters. The zero-order valence-corrected chi connectivity index (χ0v) is 16.9. The number of aliphatic hydroxyl groups excluding tert-OH is 1. The molecule has 0 spiro atoms. The summed E-state index contributed by atoms with van der Waals surface area (Å²) in [7, 11) is 1.19. The van der Waals surface area contributed by atoms with Gasteiger partial charge in [-0.1, -0.05) is 6.07 Å². The first-order chi connectivity index (χ1) is 14.2. The van der Waals surface area contributed by atoms with E-state index in [1.807, 2.05) is 0 Å². The molecule has 1 unspecified atom stereocenters. The van der Waals surface area contributed by atoms with Crippen molar-refractivity contribution >= 4 is 24.0 Å². The van der Waals surface area contributed by atoms with E-state index in [-0.39, 0.29) is 42.3 Å². The maximum absolute atomic E-state index is 14.8. The topological polar surface area (TPSA) is 76.8 Å². The van der Waals surface area contributed by atoms with Gasteiger partial charge in [0, 0.05) is 24.2 Å². The predicted octanol–water partition coefficient (Wildman–Crippen LogP) is 3.52. The number of nitrogens with zero attached hydrogens (tertiary/aromatic N) is 3. The van der Waals surface area contributed by atoms with Crippen LogP contribution in [0.1, 0.15) is 41.1 Å². The molecule has 0 saturated carbocycles. The van der Waals surface area contributed by atoms with Crippen LogP contribution in [0, 0.1) is 5.82 Å². The maximum Gasteiger partial charge on any atom is 0.358 e. The molecule has 7 nitrogen and oxygen atoms in total. The summed E-state index contributed by atoms with van der Waals surface area (Å²) in [4.78, 5) is 13.6. The SMILES string of the molecule is CCOC(=O)c1c(C(O)c2ccc(N3CCC(F)(F)C3)cc2F)c(OC)nn1SF. The molecular weight excluding hydrogens is 430 g/mol. The number of hydrogen-bond donors (Lipinski definition) is 1. The summed E-state index contributed by atoms with van der Waals surface area (Å²) < 4.78 is 65.4. The highest BCUT2D eigenvalue weighted by Gasteiger charge is 2.39. The van der Waals surface area contributed by atoms with Gasteiger partial charge in [-0.2, -0.15) is 4.09 Å². The number of ether oxygens (including phenoxy) is 2. The van der Waals surface area contributed by atoms with Gasteiger partial charge in [0.05, 0.1) is 25.8 Å². The van der Waals surface area contributed by atoms with Crippen molar-refractivity contribution in [3.8, 4) is 5.88 Å². The number of halogens is 4. The summed E-state index contributed by atoms with van der Waals surface area (Å²) in [5.41, 5.74) is -0.762. The van der Waals surface area contributed by atoms with Gasteiger partial charge in [-0.05, 0) is 19.1 Å². The summed E-state index contributed by atoms with van der Waals surface area (Å²) in [5.74, 6) is -5.02. The molecule has 0 aliphatic carbocycles. The van der Waals surface area contributed by atoms with Crippen LogP contribution in [0.3, 0.4) is 0 Å². The van der Waals surface area contributed by atoms with Gasteiger partial charge < -0.3 is 19.5 Å². The van der Waals surface area contributed by atoms with Crippen LogP contribution in [0.25, 0.3) is 0 Å². The van der Waals surface area contributed by atoms with E-state index in [1.54, 1.807) is 0 Å². The van der Waals surface area contributed by atoms with E-state index < -0.39 is 48.4 Å². The van der Waals surface area contributed by atoms with Gasteiger partial charge in [0.1, 0.15) is 11.9 Å². The Balaban J connectivity index is 1.99. The molecule has 30 heavy (non-hydrogen) atoms. The van der Waals surface area contributed by atoms with Gasteiger partial charge in [-0.25, -0.2) is 18.0 Å². The molecule has 1 aromatic carbocycles. The highest BCUT2D eigenvalue weighted by atomic mass is 32.2. The average Bonchev–Trinajstić information content (AvgIpc) is 3.27. The van der Waals surface area contributed by atoms with Crippen LogP contribution in [0.2, 0.25) is 0 Å². The molecule has 2 heterocycles. The van der Waals surface area contributed by atoms with Crippen LogP contribution in [0.5, 0.6) is 5.88 Å². The number of alkyl halides is 2. The molecule has 1 N–H and O–H groups in total. The van der Waals surface area contributed by atoms with Crippen molar-refractivity contribution < 1.29 is 36.4 Å². The molecule has 1 aliphatic heterocycles. The van der Waals surface area contributed by atoms with E-state index in [0.717, 1.165) is 6.07 Å². The summed E-state index contributed by atoms with van der Waals surface area (Å²) in [5, 5.41) is 14.5. The number of esters is 1. The van der Waals surface area contributed by atoms with Crippen molar-refractivity contribution in [3.05, 3.63) is 40.8 Å². The Bertz CT molecular complexity index is 940. The summed E-state index contributed by atoms with van der Waals surface area (Å²) in [6.45, 7) is 1.04. The third-order valence-corrected chi connectivity index (χ3v) is 5.07. The quantitative estimate of drug-likeness (QED) is 0.512. The van der Waals surface area contributed by atoms with E-state index in [1.165, 1.54) is 31.1 Å². The van der Waals surface area contributed by atoms with Crippen LogP contribution in [0.15, 0.2) is 18.2 Å². The van der Waals surface area contributed by atoms with Crippen LogP contribution >= 0.6 is 12.3 Å². The number of carbonyl (C=O) groups is 1. The van der Waals surface area contributed by atoms with Crippen LogP contribution in [-0.4, -0.2) is 53.0 Å². The zero-order valence-electron chi connectivity index (χ0n) is 16.1. The standard InChI is InChI=1S/C18H19F4N3O4S/c1-3-29-17(27)14-13(16(28-2)23-25(14)30-22)15(26)11-5-4-10(8-12(11)19)24-7-6-18(20,21)9-24/h4-5,8,15,26H,3,6-7,9H2,1-2H3. The monoisotopic (exact) mass is 449 g/mol. The van der Waals surface area contributed by atoms with Gasteiger partial charge in [-0.15, -0.1) is 8.98 Å². The molecule has 0 radical (unpaired) electrons. The van der Waals surface area contributed by atoms with E-state index in [0.29, 0.717) is 4.09 Å². The number of rotatable bonds is 7. The zero-order chi connectivity index (χ0) is 22.1. The van der Waals surface area contributed by atoms with Gasteiger partial charge >= 0.3 is 5.97 Å². The second-order valence-electron chi connectivity index (χ2n) is 6.57. The fourth-order valence-electron chi connectivity index (χ4n) is 3.27. The van der Waals surface area contributed by atoms with Gasteiger partial charge in [0.15, 0.2) is 18.0 Å². The Labute approximate surface area is 174 Å². The minimum absolute atomic E-state index is 0.0255. The summed E-state index contributed by atoms with van der Waals surface area (Å²) in [6, 6.07) is 3.61. The van der Waals surface area contributed by atoms with Crippen molar-refractivity contribution in [3.63, 3.8) is 0 Å². The molecule has 0 bridgehead atoms. The normalized spacial score (nSPS) is 16.6. The van der Waals surface area contributed by atoms with Gasteiger partial charge in [0.25, 0.3) is 5.92 Å². The third kappa shape index (κ3) is 4.19. The Morgan fingerprint density at radius 3 is 2.70 bits per heavy atom. The molecule has 12 heteroatoms. The first kappa shape index (κ1) is 22.2. The molecular formula is C18H19F4N3O4S. The van der Waals surface area contributed by atoms with E-state index in [9.17, 15) is 27.0 Å². The molecule has 1 aliphatic rings. The number of aliphatic hydroxyl groups is 1. The summed E-state index contributed by atoms with van der Waals surface area (Å²) in [6.07, 6.45) is -2.09. The van der Waals surface area contributed by atoms with Crippen LogP contribution < -0.4 is 9.64 Å². The van der Waals surface area contributed by atoms with Crippen molar-refractivity contribution in [1.82, 2.24) is 9.19 Å². The van der Waals surface area contributed by atoms with E-state index in [4.69, 9.17) is 9.47 Å². The largest absolute Gasteiger partial charge is 0.480 e. The number of benzene rings is 1. The lowest BCUT2D eigenvalue weighted by atomic mass is 10.00. The minimum atomic E-state index is -2.85. The first-order valence-electron chi connectivity index (χ1n) is 8.95. The number of carbonyl (C=O) groups excluding carboxylic acids is 1. The highest BCUT2D eigenvalue weighted by molar-refractivity contribution is 7.92. The smallest absolute Gasteiger partial charge is 0.358 e. The Kier molecular flexibility index (Phi) is 6.46. The molecule has 1 saturated heterocycles. The number of aromatic nitrogens is 2. The van der Waals surface area contributed by atoms with Gasteiger partial charge in [-0.3, -0.25) is 0 Å². The Morgan fingerprint density at radius 2 is 2.17 bits per heavy atom. The van der Waals surface area contributed by atoms with Crippen LogP contribution in [0.4, 0.5) is 22.7 Å². The highest BCUT2D eigenvalue weighted by Crippen LogP contribution is 2.38.